The van der Waals surface area contributed by atoms with Crippen molar-refractivity contribution < 1.29 is 19.4 Å². The average molecular weight is 272 g/mol. The van der Waals surface area contributed by atoms with E-state index in [0.29, 0.717) is 18.9 Å². The number of esters is 1. The molecule has 0 aromatic heterocycles. The van der Waals surface area contributed by atoms with Crippen LogP contribution in [0.5, 0.6) is 0 Å². The van der Waals surface area contributed by atoms with E-state index in [0.717, 1.165) is 25.7 Å². The molecule has 0 aliphatic heterocycles. The molecule has 112 valence electrons. The molecule has 1 atom stereocenters. The summed E-state index contributed by atoms with van der Waals surface area (Å²) in [6.45, 7) is 8.11. The first-order chi connectivity index (χ1) is 8.81. The maximum atomic E-state index is 11.6. The Balaban J connectivity index is 2.28. The summed E-state index contributed by atoms with van der Waals surface area (Å²) < 4.78 is 10.6. The van der Waals surface area contributed by atoms with E-state index in [2.05, 4.69) is 0 Å². The Morgan fingerprint density at radius 2 is 1.84 bits per heavy atom. The lowest BCUT2D eigenvalue weighted by atomic mass is 9.80. The second-order valence-electron chi connectivity index (χ2n) is 6.39. The van der Waals surface area contributed by atoms with Crippen LogP contribution in [0.4, 0.5) is 0 Å². The van der Waals surface area contributed by atoms with Gasteiger partial charge in [-0.05, 0) is 59.3 Å². The van der Waals surface area contributed by atoms with Crippen LogP contribution in [0.15, 0.2) is 0 Å². The zero-order chi connectivity index (χ0) is 14.5. The Labute approximate surface area is 116 Å². The molecule has 0 amide bonds. The largest absolute Gasteiger partial charge is 0.466 e. The lowest BCUT2D eigenvalue weighted by molar-refractivity contribution is -0.175. The molecule has 1 rings (SSSR count). The first-order valence-electron chi connectivity index (χ1n) is 7.34. The zero-order valence-electron chi connectivity index (χ0n) is 12.6. The second-order valence-corrected chi connectivity index (χ2v) is 6.39. The van der Waals surface area contributed by atoms with Gasteiger partial charge in [0.05, 0.1) is 18.1 Å². The molecule has 1 aliphatic carbocycles. The van der Waals surface area contributed by atoms with Gasteiger partial charge >= 0.3 is 5.97 Å². The average Bonchev–Trinajstić information content (AvgIpc) is 2.27. The van der Waals surface area contributed by atoms with Gasteiger partial charge in [-0.15, -0.1) is 0 Å². The number of hydrogen-bond donors (Lipinski definition) is 1. The second kappa shape index (κ2) is 7.25. The van der Waals surface area contributed by atoms with E-state index in [9.17, 15) is 9.90 Å². The minimum absolute atomic E-state index is 0.0527. The fourth-order valence-electron chi connectivity index (χ4n) is 2.64. The van der Waals surface area contributed by atoms with Crippen molar-refractivity contribution in [1.82, 2.24) is 0 Å². The van der Waals surface area contributed by atoms with Crippen LogP contribution in [0.3, 0.4) is 0 Å². The quantitative estimate of drug-likeness (QED) is 0.617. The lowest BCUT2D eigenvalue weighted by Crippen LogP contribution is -2.30. The van der Waals surface area contributed by atoms with Crippen molar-refractivity contribution in [2.45, 2.75) is 71.7 Å². The highest BCUT2D eigenvalue weighted by Crippen LogP contribution is 2.32. The van der Waals surface area contributed by atoms with Crippen LogP contribution in [0.2, 0.25) is 0 Å². The van der Waals surface area contributed by atoms with E-state index < -0.39 is 6.29 Å². The fraction of sp³-hybridized carbons (Fsp3) is 0.933. The maximum Gasteiger partial charge on any atom is 0.308 e. The number of carbonyl (C=O) groups is 1. The first-order valence-corrected chi connectivity index (χ1v) is 7.34. The molecule has 1 saturated carbocycles. The molecule has 1 unspecified atom stereocenters. The van der Waals surface area contributed by atoms with Crippen LogP contribution in [-0.4, -0.2) is 29.6 Å². The van der Waals surface area contributed by atoms with Crippen LogP contribution in [0.1, 0.15) is 59.8 Å². The summed E-state index contributed by atoms with van der Waals surface area (Å²) >= 11 is 0. The van der Waals surface area contributed by atoms with E-state index >= 15 is 0 Å². The number of carbonyl (C=O) groups excluding carboxylic acids is 1. The van der Waals surface area contributed by atoms with Crippen LogP contribution < -0.4 is 0 Å². The molecule has 0 radical (unpaired) electrons. The molecule has 19 heavy (non-hydrogen) atoms. The third-order valence-electron chi connectivity index (χ3n) is 3.49. The summed E-state index contributed by atoms with van der Waals surface area (Å²) in [4.78, 5) is 11.6. The highest BCUT2D eigenvalue weighted by molar-refractivity contribution is 5.72. The molecule has 1 aliphatic rings. The molecule has 1 N–H and O–H groups in total. The van der Waals surface area contributed by atoms with Crippen LogP contribution in [-0.2, 0) is 14.3 Å². The maximum absolute atomic E-state index is 11.6. The molecule has 1 fully saturated rings. The molecule has 4 nitrogen and oxygen atoms in total. The third kappa shape index (κ3) is 6.39. The number of rotatable bonds is 5. The van der Waals surface area contributed by atoms with Gasteiger partial charge in [0.2, 0.25) is 0 Å². The van der Waals surface area contributed by atoms with Crippen LogP contribution >= 0.6 is 0 Å². The SMILES string of the molecule is CCOC(=O)C1CCC(CC(O)OC(C)(C)C)CC1. The van der Waals surface area contributed by atoms with Crippen molar-refractivity contribution in [3.8, 4) is 0 Å². The van der Waals surface area contributed by atoms with Gasteiger partial charge in [-0.2, -0.15) is 0 Å². The van der Waals surface area contributed by atoms with E-state index in [1.807, 2.05) is 27.7 Å². The van der Waals surface area contributed by atoms with Crippen molar-refractivity contribution in [3.63, 3.8) is 0 Å². The number of hydrogen-bond acceptors (Lipinski definition) is 4. The van der Waals surface area contributed by atoms with Crippen molar-refractivity contribution in [2.24, 2.45) is 11.8 Å². The van der Waals surface area contributed by atoms with Crippen molar-refractivity contribution in [1.29, 1.82) is 0 Å². The van der Waals surface area contributed by atoms with Gasteiger partial charge in [-0.3, -0.25) is 4.79 Å². The topological polar surface area (TPSA) is 55.8 Å². The predicted octanol–water partition coefficient (Wildman–Crippen LogP) is 2.88. The summed E-state index contributed by atoms with van der Waals surface area (Å²) in [5.74, 6) is 0.437. The minimum Gasteiger partial charge on any atom is -0.466 e. The highest BCUT2D eigenvalue weighted by atomic mass is 16.6. The number of aliphatic hydroxyl groups excluding tert-OH is 1. The van der Waals surface area contributed by atoms with Gasteiger partial charge < -0.3 is 14.6 Å². The molecule has 0 heterocycles. The smallest absolute Gasteiger partial charge is 0.308 e. The molecule has 0 aromatic carbocycles. The monoisotopic (exact) mass is 272 g/mol. The number of aliphatic hydroxyl groups is 1. The Hall–Kier alpha value is -0.610. The molecule has 0 aromatic rings. The Morgan fingerprint density at radius 3 is 2.32 bits per heavy atom. The van der Waals surface area contributed by atoms with E-state index in [1.54, 1.807) is 0 Å². The molecule has 0 bridgehead atoms. The molecule has 0 spiro atoms. The summed E-state index contributed by atoms with van der Waals surface area (Å²) in [6, 6.07) is 0. The van der Waals surface area contributed by atoms with Gasteiger partial charge in [0.1, 0.15) is 0 Å². The summed E-state index contributed by atoms with van der Waals surface area (Å²) in [5.41, 5.74) is -0.318. The molecule has 4 heteroatoms. The van der Waals surface area contributed by atoms with Crippen molar-refractivity contribution in [2.75, 3.05) is 6.61 Å². The van der Waals surface area contributed by atoms with E-state index in [-0.39, 0.29) is 17.5 Å². The standard InChI is InChI=1S/C15H28O4/c1-5-18-14(17)12-8-6-11(7-9-12)10-13(16)19-15(2,3)4/h11-13,16H,5-10H2,1-4H3. The Kier molecular flexibility index (Phi) is 6.27. The van der Waals surface area contributed by atoms with Gasteiger partial charge in [0, 0.05) is 6.42 Å². The van der Waals surface area contributed by atoms with Gasteiger partial charge in [0.25, 0.3) is 0 Å². The fourth-order valence-corrected chi connectivity index (χ4v) is 2.64. The molecular weight excluding hydrogens is 244 g/mol. The molecular formula is C15H28O4. The van der Waals surface area contributed by atoms with E-state index in [1.165, 1.54) is 0 Å². The summed E-state index contributed by atoms with van der Waals surface area (Å²) in [5, 5.41) is 9.88. The number of ether oxygens (including phenoxy) is 2. The predicted molar refractivity (Wildman–Crippen MR) is 73.5 cm³/mol. The third-order valence-corrected chi connectivity index (χ3v) is 3.49. The van der Waals surface area contributed by atoms with Crippen molar-refractivity contribution in [3.05, 3.63) is 0 Å². The zero-order valence-corrected chi connectivity index (χ0v) is 12.6. The van der Waals surface area contributed by atoms with E-state index in [4.69, 9.17) is 9.47 Å². The minimum atomic E-state index is -0.704. The van der Waals surface area contributed by atoms with Gasteiger partial charge in [-0.1, -0.05) is 0 Å². The normalized spacial score (nSPS) is 25.9. The highest BCUT2D eigenvalue weighted by Gasteiger charge is 2.29. The summed E-state index contributed by atoms with van der Waals surface area (Å²) in [6.07, 6.45) is 3.62. The van der Waals surface area contributed by atoms with Crippen LogP contribution in [0.25, 0.3) is 0 Å². The van der Waals surface area contributed by atoms with Gasteiger partial charge in [-0.25, -0.2) is 0 Å². The lowest BCUT2D eigenvalue weighted by Gasteiger charge is -2.30. The summed E-state index contributed by atoms with van der Waals surface area (Å²) in [7, 11) is 0. The Morgan fingerprint density at radius 1 is 1.26 bits per heavy atom. The molecule has 0 saturated heterocycles. The first kappa shape index (κ1) is 16.4. The van der Waals surface area contributed by atoms with Crippen molar-refractivity contribution >= 4 is 5.97 Å². The van der Waals surface area contributed by atoms with Gasteiger partial charge in [0.15, 0.2) is 6.29 Å². The van der Waals surface area contributed by atoms with Crippen LogP contribution in [0, 0.1) is 11.8 Å². The Bertz CT molecular complexity index is 274.